The summed E-state index contributed by atoms with van der Waals surface area (Å²) in [5.74, 6) is 0.118. The molecule has 2 atom stereocenters. The Hall–Kier alpha value is -3.13. The molecule has 27 heavy (non-hydrogen) atoms. The molecule has 1 aromatic heterocycles. The molecule has 142 valence electrons. The molecule has 1 saturated heterocycles. The lowest BCUT2D eigenvalue weighted by Crippen LogP contribution is -2.42. The highest BCUT2D eigenvalue weighted by molar-refractivity contribution is 6.06. The quantitative estimate of drug-likeness (QED) is 0.565. The summed E-state index contributed by atoms with van der Waals surface area (Å²) in [6.45, 7) is 2.62. The van der Waals surface area contributed by atoms with E-state index >= 15 is 0 Å². The summed E-state index contributed by atoms with van der Waals surface area (Å²) in [5.41, 5.74) is -0.818. The van der Waals surface area contributed by atoms with Crippen molar-refractivity contribution >= 4 is 17.7 Å². The van der Waals surface area contributed by atoms with Gasteiger partial charge in [0, 0.05) is 5.56 Å². The van der Waals surface area contributed by atoms with Crippen molar-refractivity contribution < 1.29 is 28.6 Å². The van der Waals surface area contributed by atoms with Gasteiger partial charge in [0.2, 0.25) is 0 Å². The van der Waals surface area contributed by atoms with Crippen molar-refractivity contribution in [1.82, 2.24) is 10.2 Å². The van der Waals surface area contributed by atoms with Crippen LogP contribution >= 0.6 is 0 Å². The van der Waals surface area contributed by atoms with E-state index in [-0.39, 0.29) is 18.9 Å². The molecular weight excluding hydrogens is 352 g/mol. The number of nitrogens with zero attached hydrogens (tertiary/aromatic N) is 1. The Kier molecular flexibility index (Phi) is 5.00. The summed E-state index contributed by atoms with van der Waals surface area (Å²) >= 11 is 0. The highest BCUT2D eigenvalue weighted by Gasteiger charge is 2.51. The number of amides is 3. The Bertz CT molecular complexity index is 863. The number of imide groups is 1. The largest absolute Gasteiger partial charge is 0.491 e. The maximum Gasteiger partial charge on any atom is 0.325 e. The van der Waals surface area contributed by atoms with Gasteiger partial charge in [-0.25, -0.2) is 4.79 Å². The summed E-state index contributed by atoms with van der Waals surface area (Å²) in [5, 5.41) is 12.8. The van der Waals surface area contributed by atoms with Crippen LogP contribution in [-0.4, -0.2) is 47.0 Å². The number of benzene rings is 1. The van der Waals surface area contributed by atoms with Crippen LogP contribution in [0.4, 0.5) is 4.79 Å². The number of nitrogens with one attached hydrogen (secondary N) is 1. The highest BCUT2D eigenvalue weighted by Crippen LogP contribution is 2.29. The van der Waals surface area contributed by atoms with Crippen molar-refractivity contribution in [2.24, 2.45) is 0 Å². The molecule has 0 aliphatic carbocycles. The number of ether oxygens (including phenoxy) is 1. The standard InChI is InChI=1S/C19H20N2O6/c1-12(22)13-5-3-6-15(9-13)27-11-14(23)10-21-17(24)19(2,20-18(21)25)16-7-4-8-26-16/h3-9,14,23H,10-11H2,1-2H3,(H,20,25)/t14-,19+/m0/s1. The molecular formula is C19H20N2O6. The van der Waals surface area contributed by atoms with Crippen LogP contribution in [0, 0.1) is 0 Å². The minimum Gasteiger partial charge on any atom is -0.491 e. The molecule has 0 radical (unpaired) electrons. The number of carbonyl (C=O) groups excluding carboxylic acids is 3. The minimum absolute atomic E-state index is 0.0995. The zero-order chi connectivity index (χ0) is 19.6. The van der Waals surface area contributed by atoms with E-state index in [0.717, 1.165) is 4.90 Å². The molecule has 1 aliphatic rings. The molecule has 1 aliphatic heterocycles. The summed E-state index contributed by atoms with van der Waals surface area (Å²) in [7, 11) is 0. The monoisotopic (exact) mass is 372 g/mol. The number of furan rings is 1. The number of Topliss-reactive ketones (excluding diaryl/α,β-unsaturated/α-hetero) is 1. The van der Waals surface area contributed by atoms with E-state index in [0.29, 0.717) is 17.1 Å². The van der Waals surface area contributed by atoms with Crippen LogP contribution in [0.25, 0.3) is 0 Å². The third-order valence-corrected chi connectivity index (χ3v) is 4.37. The van der Waals surface area contributed by atoms with Crippen LogP contribution in [0.3, 0.4) is 0 Å². The van der Waals surface area contributed by atoms with Gasteiger partial charge in [-0.2, -0.15) is 0 Å². The molecule has 2 heterocycles. The van der Waals surface area contributed by atoms with Gasteiger partial charge in [0.1, 0.15) is 24.2 Å². The topological polar surface area (TPSA) is 109 Å². The first-order chi connectivity index (χ1) is 12.8. The average molecular weight is 372 g/mol. The third-order valence-electron chi connectivity index (χ3n) is 4.37. The van der Waals surface area contributed by atoms with Gasteiger partial charge in [-0.15, -0.1) is 0 Å². The lowest BCUT2D eigenvalue weighted by atomic mass is 9.99. The Morgan fingerprint density at radius 2 is 2.11 bits per heavy atom. The number of rotatable bonds is 7. The zero-order valence-corrected chi connectivity index (χ0v) is 15.0. The lowest BCUT2D eigenvalue weighted by Gasteiger charge is -2.21. The average Bonchev–Trinajstić information content (AvgIpc) is 3.25. The van der Waals surface area contributed by atoms with Gasteiger partial charge in [-0.05, 0) is 38.1 Å². The number of carbonyl (C=O) groups is 3. The molecule has 0 saturated carbocycles. The predicted octanol–water partition coefficient (Wildman–Crippen LogP) is 1.69. The van der Waals surface area contributed by atoms with E-state index in [1.165, 1.54) is 13.2 Å². The molecule has 2 aromatic rings. The normalized spacial score (nSPS) is 20.5. The van der Waals surface area contributed by atoms with Gasteiger partial charge in [-0.3, -0.25) is 14.5 Å². The van der Waals surface area contributed by atoms with Crippen molar-refractivity contribution in [2.75, 3.05) is 13.2 Å². The lowest BCUT2D eigenvalue weighted by molar-refractivity contribution is -0.132. The Labute approximate surface area is 155 Å². The number of aliphatic hydroxyl groups is 1. The Morgan fingerprint density at radius 3 is 2.78 bits per heavy atom. The zero-order valence-electron chi connectivity index (χ0n) is 15.0. The van der Waals surface area contributed by atoms with Crippen LogP contribution in [-0.2, 0) is 10.3 Å². The first kappa shape index (κ1) is 18.7. The molecule has 0 spiro atoms. The van der Waals surface area contributed by atoms with E-state index in [1.54, 1.807) is 43.3 Å². The second-order valence-electron chi connectivity index (χ2n) is 6.50. The number of hydrogen-bond donors (Lipinski definition) is 2. The summed E-state index contributed by atoms with van der Waals surface area (Å²) in [4.78, 5) is 37.2. The van der Waals surface area contributed by atoms with Crippen molar-refractivity contribution in [2.45, 2.75) is 25.5 Å². The van der Waals surface area contributed by atoms with Crippen molar-refractivity contribution in [1.29, 1.82) is 0 Å². The van der Waals surface area contributed by atoms with Crippen molar-refractivity contribution in [3.8, 4) is 5.75 Å². The third kappa shape index (κ3) is 3.70. The molecule has 8 nitrogen and oxygen atoms in total. The van der Waals surface area contributed by atoms with Gasteiger partial charge in [-0.1, -0.05) is 12.1 Å². The molecule has 0 unspecified atom stereocenters. The minimum atomic E-state index is -1.31. The second kappa shape index (κ2) is 7.24. The van der Waals surface area contributed by atoms with Gasteiger partial charge < -0.3 is 19.6 Å². The van der Waals surface area contributed by atoms with E-state index in [2.05, 4.69) is 5.32 Å². The predicted molar refractivity (Wildman–Crippen MR) is 94.3 cm³/mol. The van der Waals surface area contributed by atoms with Crippen LogP contribution in [0.5, 0.6) is 5.75 Å². The number of aliphatic hydroxyl groups excluding tert-OH is 1. The van der Waals surface area contributed by atoms with Gasteiger partial charge >= 0.3 is 6.03 Å². The highest BCUT2D eigenvalue weighted by atomic mass is 16.5. The molecule has 8 heteroatoms. The van der Waals surface area contributed by atoms with Crippen LogP contribution in [0.1, 0.15) is 30.0 Å². The molecule has 3 amide bonds. The van der Waals surface area contributed by atoms with Crippen molar-refractivity contribution in [3.63, 3.8) is 0 Å². The fourth-order valence-electron chi connectivity index (χ4n) is 2.85. The van der Waals surface area contributed by atoms with E-state index in [4.69, 9.17) is 9.15 Å². The number of hydrogen-bond acceptors (Lipinski definition) is 6. The SMILES string of the molecule is CC(=O)c1cccc(OC[C@@H](O)CN2C(=O)N[C@](C)(c3ccco3)C2=O)c1. The molecule has 3 rings (SSSR count). The maximum absolute atomic E-state index is 12.7. The molecule has 0 bridgehead atoms. The number of β-amino-alcohol motifs (C(OH)–C–C–N with tert-alkyl or cyclic N) is 1. The molecule has 1 aromatic carbocycles. The van der Waals surface area contributed by atoms with Crippen LogP contribution in [0.15, 0.2) is 47.1 Å². The first-order valence-electron chi connectivity index (χ1n) is 8.41. The van der Waals surface area contributed by atoms with Crippen LogP contribution < -0.4 is 10.1 Å². The Balaban J connectivity index is 1.62. The van der Waals surface area contributed by atoms with Gasteiger partial charge in [0.15, 0.2) is 11.3 Å². The van der Waals surface area contributed by atoms with Gasteiger partial charge in [0.05, 0.1) is 12.8 Å². The molecule has 2 N–H and O–H groups in total. The molecule has 1 fully saturated rings. The van der Waals surface area contributed by atoms with Crippen molar-refractivity contribution in [3.05, 3.63) is 54.0 Å². The maximum atomic E-state index is 12.7. The fourth-order valence-corrected chi connectivity index (χ4v) is 2.85. The number of ketones is 1. The number of urea groups is 1. The van der Waals surface area contributed by atoms with E-state index < -0.39 is 23.6 Å². The first-order valence-corrected chi connectivity index (χ1v) is 8.41. The fraction of sp³-hybridized carbons (Fsp3) is 0.316. The summed E-state index contributed by atoms with van der Waals surface area (Å²) in [6.07, 6.45) is 0.320. The summed E-state index contributed by atoms with van der Waals surface area (Å²) in [6, 6.07) is 9.16. The smallest absolute Gasteiger partial charge is 0.325 e. The Morgan fingerprint density at radius 1 is 1.33 bits per heavy atom. The van der Waals surface area contributed by atoms with Crippen LogP contribution in [0.2, 0.25) is 0 Å². The second-order valence-corrected chi connectivity index (χ2v) is 6.50. The van der Waals surface area contributed by atoms with E-state index in [1.807, 2.05) is 0 Å². The van der Waals surface area contributed by atoms with E-state index in [9.17, 15) is 19.5 Å². The summed E-state index contributed by atoms with van der Waals surface area (Å²) < 4.78 is 10.7. The van der Waals surface area contributed by atoms with Gasteiger partial charge in [0.25, 0.3) is 5.91 Å².